The van der Waals surface area contributed by atoms with E-state index in [4.69, 9.17) is 0 Å². The van der Waals surface area contributed by atoms with Gasteiger partial charge in [0.05, 0.1) is 5.56 Å². The van der Waals surface area contributed by atoms with Gasteiger partial charge in [-0.15, -0.1) is 0 Å². The Hall–Kier alpha value is -0.540. The summed E-state index contributed by atoms with van der Waals surface area (Å²) in [5.74, 6) is -2.25. The second kappa shape index (κ2) is 6.48. The Morgan fingerprint density at radius 2 is 1.65 bits per heavy atom. The van der Waals surface area contributed by atoms with Crippen molar-refractivity contribution < 1.29 is 13.6 Å². The van der Waals surface area contributed by atoms with Crippen molar-refractivity contribution >= 4 is 66.0 Å². The second-order valence-electron chi connectivity index (χ2n) is 3.82. The molecule has 0 spiro atoms. The van der Waals surface area contributed by atoms with E-state index < -0.39 is 23.2 Å². The van der Waals surface area contributed by atoms with Gasteiger partial charge in [0.1, 0.15) is 5.69 Å². The van der Waals surface area contributed by atoms with Gasteiger partial charge in [-0.05, 0) is 52.9 Å². The zero-order valence-electron chi connectivity index (χ0n) is 9.68. The number of carbonyl (C=O) groups excluding carboxylic acids is 1. The maximum atomic E-state index is 13.7. The first-order chi connectivity index (χ1) is 9.38. The van der Waals surface area contributed by atoms with Crippen molar-refractivity contribution in [1.29, 1.82) is 0 Å². The summed E-state index contributed by atoms with van der Waals surface area (Å²) in [5.41, 5.74) is -0.129. The van der Waals surface area contributed by atoms with Crippen LogP contribution in [0.1, 0.15) is 10.4 Å². The SMILES string of the molecule is O=C(Nc1c(F)cc(Br)cc1F)c1cc(Br)ccc1I. The molecule has 0 aliphatic heterocycles. The van der Waals surface area contributed by atoms with E-state index in [1.807, 2.05) is 22.6 Å². The van der Waals surface area contributed by atoms with Crippen LogP contribution in [0.5, 0.6) is 0 Å². The molecule has 2 nitrogen and oxygen atoms in total. The lowest BCUT2D eigenvalue weighted by Gasteiger charge is -2.09. The molecule has 0 bridgehead atoms. The molecule has 2 aromatic rings. The molecule has 0 aliphatic rings. The van der Waals surface area contributed by atoms with Crippen LogP contribution in [0.2, 0.25) is 0 Å². The summed E-state index contributed by atoms with van der Waals surface area (Å²) in [5, 5.41) is 2.25. The van der Waals surface area contributed by atoms with Gasteiger partial charge in [-0.1, -0.05) is 31.9 Å². The Balaban J connectivity index is 2.35. The van der Waals surface area contributed by atoms with Crippen molar-refractivity contribution in [1.82, 2.24) is 0 Å². The normalized spacial score (nSPS) is 10.4. The quantitative estimate of drug-likeness (QED) is 0.536. The summed E-state index contributed by atoms with van der Waals surface area (Å²) in [6.45, 7) is 0. The third-order valence-electron chi connectivity index (χ3n) is 2.42. The van der Waals surface area contributed by atoms with Crippen molar-refractivity contribution in [3.8, 4) is 0 Å². The topological polar surface area (TPSA) is 29.1 Å². The van der Waals surface area contributed by atoms with Gasteiger partial charge in [0, 0.05) is 12.5 Å². The first-order valence-electron chi connectivity index (χ1n) is 5.29. The van der Waals surface area contributed by atoms with E-state index in [2.05, 4.69) is 37.2 Å². The molecule has 0 radical (unpaired) electrons. The molecular formula is C13H6Br2F2INO. The zero-order valence-corrected chi connectivity index (χ0v) is 15.0. The number of carbonyl (C=O) groups is 1. The van der Waals surface area contributed by atoms with Gasteiger partial charge in [0.25, 0.3) is 5.91 Å². The van der Waals surface area contributed by atoms with Crippen LogP contribution in [0.3, 0.4) is 0 Å². The molecule has 0 aliphatic carbocycles. The zero-order chi connectivity index (χ0) is 14.9. The first kappa shape index (κ1) is 15.8. The van der Waals surface area contributed by atoms with Crippen LogP contribution in [-0.2, 0) is 0 Å². The van der Waals surface area contributed by atoms with Crippen LogP contribution in [0.25, 0.3) is 0 Å². The smallest absolute Gasteiger partial charge is 0.256 e. The molecule has 0 unspecified atom stereocenters. The minimum atomic E-state index is -0.838. The van der Waals surface area contributed by atoms with E-state index in [-0.39, 0.29) is 4.47 Å². The summed E-state index contributed by atoms with van der Waals surface area (Å²) in [6.07, 6.45) is 0. The Labute approximate surface area is 144 Å². The number of anilines is 1. The minimum absolute atomic E-state index is 0.266. The summed E-state index contributed by atoms with van der Waals surface area (Å²) >= 11 is 8.21. The van der Waals surface area contributed by atoms with Gasteiger partial charge in [-0.3, -0.25) is 4.79 Å². The van der Waals surface area contributed by atoms with Crippen LogP contribution in [0.4, 0.5) is 14.5 Å². The summed E-state index contributed by atoms with van der Waals surface area (Å²) in [4.78, 5) is 12.1. The Morgan fingerprint density at radius 3 is 2.25 bits per heavy atom. The molecule has 0 saturated carbocycles. The fraction of sp³-hybridized carbons (Fsp3) is 0. The molecule has 0 heterocycles. The predicted octanol–water partition coefficient (Wildman–Crippen LogP) is 5.35. The molecule has 0 aromatic heterocycles. The van der Waals surface area contributed by atoms with Crippen molar-refractivity contribution in [2.75, 3.05) is 5.32 Å². The lowest BCUT2D eigenvalue weighted by Crippen LogP contribution is -2.15. The molecular weight excluding hydrogens is 511 g/mol. The number of rotatable bonds is 2. The van der Waals surface area contributed by atoms with Crippen LogP contribution < -0.4 is 5.32 Å². The van der Waals surface area contributed by atoms with Crippen molar-refractivity contribution in [2.24, 2.45) is 0 Å². The maximum Gasteiger partial charge on any atom is 0.256 e. The van der Waals surface area contributed by atoms with Gasteiger partial charge in [-0.2, -0.15) is 0 Å². The Kier molecular flexibility index (Phi) is 5.14. The number of halogens is 5. The van der Waals surface area contributed by atoms with Crippen LogP contribution in [0.15, 0.2) is 39.3 Å². The van der Waals surface area contributed by atoms with Crippen molar-refractivity contribution in [3.05, 3.63) is 60.0 Å². The molecule has 20 heavy (non-hydrogen) atoms. The van der Waals surface area contributed by atoms with Gasteiger partial charge < -0.3 is 5.32 Å². The summed E-state index contributed by atoms with van der Waals surface area (Å²) in [6, 6.07) is 7.27. The van der Waals surface area contributed by atoms with Crippen LogP contribution >= 0.6 is 54.5 Å². The molecule has 7 heteroatoms. The molecule has 104 valence electrons. The van der Waals surface area contributed by atoms with Crippen LogP contribution in [0, 0.1) is 15.2 Å². The minimum Gasteiger partial charge on any atom is -0.317 e. The van der Waals surface area contributed by atoms with E-state index in [1.165, 1.54) is 0 Å². The highest BCUT2D eigenvalue weighted by atomic mass is 127. The highest BCUT2D eigenvalue weighted by Crippen LogP contribution is 2.25. The number of nitrogens with one attached hydrogen (secondary N) is 1. The average molecular weight is 517 g/mol. The molecule has 1 N–H and O–H groups in total. The third-order valence-corrected chi connectivity index (χ3v) is 4.31. The van der Waals surface area contributed by atoms with E-state index in [9.17, 15) is 13.6 Å². The number of hydrogen-bond acceptors (Lipinski definition) is 1. The molecule has 2 aromatic carbocycles. The molecule has 2 rings (SSSR count). The average Bonchev–Trinajstić information content (AvgIpc) is 2.36. The van der Waals surface area contributed by atoms with Crippen LogP contribution in [-0.4, -0.2) is 5.91 Å². The summed E-state index contributed by atoms with van der Waals surface area (Å²) in [7, 11) is 0. The second-order valence-corrected chi connectivity index (χ2v) is 6.82. The molecule has 0 atom stereocenters. The molecule has 0 fully saturated rings. The van der Waals surface area contributed by atoms with E-state index in [0.29, 0.717) is 13.6 Å². The van der Waals surface area contributed by atoms with Crippen molar-refractivity contribution in [2.45, 2.75) is 0 Å². The largest absolute Gasteiger partial charge is 0.317 e. The first-order valence-corrected chi connectivity index (χ1v) is 7.96. The highest BCUT2D eigenvalue weighted by molar-refractivity contribution is 14.1. The van der Waals surface area contributed by atoms with E-state index in [0.717, 1.165) is 12.1 Å². The van der Waals surface area contributed by atoms with E-state index >= 15 is 0 Å². The number of benzene rings is 2. The molecule has 0 saturated heterocycles. The van der Waals surface area contributed by atoms with Gasteiger partial charge in [0.2, 0.25) is 0 Å². The third kappa shape index (κ3) is 3.56. The van der Waals surface area contributed by atoms with E-state index in [1.54, 1.807) is 18.2 Å². The summed E-state index contributed by atoms with van der Waals surface area (Å²) < 4.78 is 29.0. The van der Waals surface area contributed by atoms with Gasteiger partial charge in [-0.25, -0.2) is 8.78 Å². The standard InChI is InChI=1S/C13H6Br2F2INO/c14-6-1-2-11(18)8(3-6)13(20)19-12-9(16)4-7(15)5-10(12)17/h1-5H,(H,19,20). The fourth-order valence-electron chi connectivity index (χ4n) is 1.51. The van der Waals surface area contributed by atoms with Gasteiger partial charge in [0.15, 0.2) is 11.6 Å². The number of hydrogen-bond donors (Lipinski definition) is 1. The van der Waals surface area contributed by atoms with Crippen molar-refractivity contribution in [3.63, 3.8) is 0 Å². The lowest BCUT2D eigenvalue weighted by molar-refractivity contribution is 0.102. The van der Waals surface area contributed by atoms with Gasteiger partial charge >= 0.3 is 0 Å². The predicted molar refractivity (Wildman–Crippen MR) is 88.9 cm³/mol. The Bertz CT molecular complexity index is 671. The highest BCUT2D eigenvalue weighted by Gasteiger charge is 2.16. The molecule has 1 amide bonds. The maximum absolute atomic E-state index is 13.7. The Morgan fingerprint density at radius 1 is 1.05 bits per heavy atom. The lowest BCUT2D eigenvalue weighted by atomic mass is 10.2. The fourth-order valence-corrected chi connectivity index (χ4v) is 2.86. The number of amides is 1. The monoisotopic (exact) mass is 515 g/mol.